The zero-order valence-corrected chi connectivity index (χ0v) is 11.9. The second-order valence-corrected chi connectivity index (χ2v) is 4.66. The van der Waals surface area contributed by atoms with E-state index in [0.717, 1.165) is 12.2 Å². The van der Waals surface area contributed by atoms with Gasteiger partial charge in [-0.15, -0.1) is 0 Å². The van der Waals surface area contributed by atoms with Crippen LogP contribution in [-0.4, -0.2) is 19.1 Å². The number of nitrogens with zero attached hydrogens (tertiary/aromatic N) is 1. The fraction of sp³-hybridized carbons (Fsp3) is 0.667. The van der Waals surface area contributed by atoms with Crippen LogP contribution in [-0.2, 0) is 0 Å². The summed E-state index contributed by atoms with van der Waals surface area (Å²) < 4.78 is 5.37. The molecule has 1 unspecified atom stereocenters. The zero-order chi connectivity index (χ0) is 13.2. The summed E-state index contributed by atoms with van der Waals surface area (Å²) in [6.07, 6.45) is 11.4. The first-order valence-electron chi connectivity index (χ1n) is 6.98. The van der Waals surface area contributed by atoms with Crippen molar-refractivity contribution in [3.05, 3.63) is 24.0 Å². The molecule has 1 aromatic heterocycles. The Morgan fingerprint density at radius 1 is 1.28 bits per heavy atom. The lowest BCUT2D eigenvalue weighted by Gasteiger charge is -2.18. The molecule has 0 saturated heterocycles. The van der Waals surface area contributed by atoms with Crippen LogP contribution in [0.3, 0.4) is 0 Å². The van der Waals surface area contributed by atoms with Crippen LogP contribution in [0.15, 0.2) is 18.5 Å². The maximum Gasteiger partial charge on any atom is 0.141 e. The van der Waals surface area contributed by atoms with Crippen molar-refractivity contribution in [2.24, 2.45) is 0 Å². The van der Waals surface area contributed by atoms with E-state index < -0.39 is 0 Å². The van der Waals surface area contributed by atoms with Crippen molar-refractivity contribution in [3.63, 3.8) is 0 Å². The van der Waals surface area contributed by atoms with Gasteiger partial charge in [0.1, 0.15) is 5.75 Å². The van der Waals surface area contributed by atoms with Gasteiger partial charge in [0.15, 0.2) is 0 Å². The van der Waals surface area contributed by atoms with E-state index in [9.17, 15) is 0 Å². The number of methoxy groups -OCH3 is 1. The van der Waals surface area contributed by atoms with E-state index in [-0.39, 0.29) is 0 Å². The summed E-state index contributed by atoms with van der Waals surface area (Å²) in [5.41, 5.74) is 1.21. The molecule has 0 saturated carbocycles. The number of hydrogen-bond acceptors (Lipinski definition) is 3. The van der Waals surface area contributed by atoms with Gasteiger partial charge in [0, 0.05) is 17.8 Å². The molecule has 0 radical (unpaired) electrons. The fourth-order valence-electron chi connectivity index (χ4n) is 2.26. The predicted molar refractivity (Wildman–Crippen MR) is 76.0 cm³/mol. The molecule has 0 fully saturated rings. The van der Waals surface area contributed by atoms with Crippen LogP contribution in [0, 0.1) is 0 Å². The SMILES string of the molecule is CCCCCCCC(NC)c1ccncc1OC. The molecule has 1 N–H and O–H groups in total. The average molecular weight is 250 g/mol. The highest BCUT2D eigenvalue weighted by atomic mass is 16.5. The number of aromatic nitrogens is 1. The summed E-state index contributed by atoms with van der Waals surface area (Å²) >= 11 is 0. The Morgan fingerprint density at radius 2 is 2.06 bits per heavy atom. The molecule has 1 heterocycles. The van der Waals surface area contributed by atoms with E-state index in [1.54, 1.807) is 13.3 Å². The van der Waals surface area contributed by atoms with Gasteiger partial charge in [-0.3, -0.25) is 4.98 Å². The Hall–Kier alpha value is -1.09. The van der Waals surface area contributed by atoms with Gasteiger partial charge in [-0.05, 0) is 19.5 Å². The third-order valence-corrected chi connectivity index (χ3v) is 3.36. The zero-order valence-electron chi connectivity index (χ0n) is 11.9. The van der Waals surface area contributed by atoms with Crippen molar-refractivity contribution < 1.29 is 4.74 Å². The minimum Gasteiger partial charge on any atom is -0.495 e. The Labute approximate surface area is 111 Å². The molecule has 0 spiro atoms. The van der Waals surface area contributed by atoms with Gasteiger partial charge in [0.05, 0.1) is 13.3 Å². The molecule has 1 aromatic rings. The normalized spacial score (nSPS) is 12.4. The molecule has 102 valence electrons. The van der Waals surface area contributed by atoms with Crippen molar-refractivity contribution in [1.82, 2.24) is 10.3 Å². The molecule has 0 aliphatic rings. The van der Waals surface area contributed by atoms with Crippen LogP contribution in [0.1, 0.15) is 57.1 Å². The summed E-state index contributed by atoms with van der Waals surface area (Å²) in [7, 11) is 3.71. The lowest BCUT2D eigenvalue weighted by atomic mass is 10.00. The first kappa shape index (κ1) is 15.0. The summed E-state index contributed by atoms with van der Waals surface area (Å²) in [5.74, 6) is 0.880. The number of unbranched alkanes of at least 4 members (excludes halogenated alkanes) is 4. The topological polar surface area (TPSA) is 34.2 Å². The van der Waals surface area contributed by atoms with Crippen molar-refractivity contribution >= 4 is 0 Å². The highest BCUT2D eigenvalue weighted by Gasteiger charge is 2.13. The van der Waals surface area contributed by atoms with Gasteiger partial charge in [0.2, 0.25) is 0 Å². The third kappa shape index (κ3) is 4.65. The lowest BCUT2D eigenvalue weighted by molar-refractivity contribution is 0.394. The van der Waals surface area contributed by atoms with Gasteiger partial charge in [-0.25, -0.2) is 0 Å². The van der Waals surface area contributed by atoms with Crippen LogP contribution in [0.25, 0.3) is 0 Å². The standard InChI is InChI=1S/C15H26N2O/c1-4-5-6-7-8-9-14(16-2)13-10-11-17-12-15(13)18-3/h10-12,14,16H,4-9H2,1-3H3. The van der Waals surface area contributed by atoms with Crippen molar-refractivity contribution in [2.45, 2.75) is 51.5 Å². The molecule has 3 heteroatoms. The highest BCUT2D eigenvalue weighted by Crippen LogP contribution is 2.27. The van der Waals surface area contributed by atoms with E-state index in [1.807, 2.05) is 19.3 Å². The smallest absolute Gasteiger partial charge is 0.141 e. The quantitative estimate of drug-likeness (QED) is 0.678. The molecule has 0 aliphatic carbocycles. The number of ether oxygens (including phenoxy) is 1. The third-order valence-electron chi connectivity index (χ3n) is 3.36. The second-order valence-electron chi connectivity index (χ2n) is 4.66. The van der Waals surface area contributed by atoms with Crippen LogP contribution in [0.2, 0.25) is 0 Å². The molecule has 0 aromatic carbocycles. The Morgan fingerprint density at radius 3 is 2.72 bits per heavy atom. The van der Waals surface area contributed by atoms with E-state index in [2.05, 4.69) is 17.2 Å². The fourth-order valence-corrected chi connectivity index (χ4v) is 2.26. The Kier molecular flexibility index (Phi) is 7.42. The number of hydrogen-bond donors (Lipinski definition) is 1. The van der Waals surface area contributed by atoms with Crippen molar-refractivity contribution in [1.29, 1.82) is 0 Å². The van der Waals surface area contributed by atoms with Crippen molar-refractivity contribution in [2.75, 3.05) is 14.2 Å². The molecule has 0 bridgehead atoms. The molecule has 3 nitrogen and oxygen atoms in total. The van der Waals surface area contributed by atoms with Gasteiger partial charge >= 0.3 is 0 Å². The van der Waals surface area contributed by atoms with Crippen LogP contribution in [0.4, 0.5) is 0 Å². The molecule has 0 aliphatic heterocycles. The molecular weight excluding hydrogens is 224 g/mol. The number of pyridine rings is 1. The van der Waals surface area contributed by atoms with E-state index >= 15 is 0 Å². The van der Waals surface area contributed by atoms with Gasteiger partial charge in [-0.1, -0.05) is 39.0 Å². The number of rotatable bonds is 9. The predicted octanol–water partition coefficient (Wildman–Crippen LogP) is 3.71. The van der Waals surface area contributed by atoms with E-state index in [0.29, 0.717) is 6.04 Å². The van der Waals surface area contributed by atoms with Crippen LogP contribution < -0.4 is 10.1 Å². The minimum absolute atomic E-state index is 0.365. The monoisotopic (exact) mass is 250 g/mol. The largest absolute Gasteiger partial charge is 0.495 e. The van der Waals surface area contributed by atoms with Crippen LogP contribution >= 0.6 is 0 Å². The molecule has 0 amide bonds. The minimum atomic E-state index is 0.365. The summed E-state index contributed by atoms with van der Waals surface area (Å²) in [5, 5.41) is 3.38. The molecular formula is C15H26N2O. The summed E-state index contributed by atoms with van der Waals surface area (Å²) in [4.78, 5) is 4.10. The summed E-state index contributed by atoms with van der Waals surface area (Å²) in [6, 6.07) is 2.41. The highest BCUT2D eigenvalue weighted by molar-refractivity contribution is 5.32. The molecule has 1 rings (SSSR count). The van der Waals surface area contributed by atoms with Gasteiger partial charge in [-0.2, -0.15) is 0 Å². The Bertz CT molecular complexity index is 328. The van der Waals surface area contributed by atoms with Gasteiger partial charge < -0.3 is 10.1 Å². The van der Waals surface area contributed by atoms with Crippen molar-refractivity contribution in [3.8, 4) is 5.75 Å². The molecule has 1 atom stereocenters. The van der Waals surface area contributed by atoms with E-state index in [1.165, 1.54) is 37.7 Å². The lowest BCUT2D eigenvalue weighted by Crippen LogP contribution is -2.17. The molecule has 18 heavy (non-hydrogen) atoms. The van der Waals surface area contributed by atoms with Crippen LogP contribution in [0.5, 0.6) is 5.75 Å². The van der Waals surface area contributed by atoms with E-state index in [4.69, 9.17) is 4.74 Å². The average Bonchev–Trinajstić information content (AvgIpc) is 2.43. The Balaban J connectivity index is 2.49. The van der Waals surface area contributed by atoms with Gasteiger partial charge in [0.25, 0.3) is 0 Å². The first-order chi connectivity index (χ1) is 8.83. The number of nitrogens with one attached hydrogen (secondary N) is 1. The first-order valence-corrected chi connectivity index (χ1v) is 6.98. The maximum absolute atomic E-state index is 5.37. The summed E-state index contributed by atoms with van der Waals surface area (Å²) in [6.45, 7) is 2.25. The maximum atomic E-state index is 5.37. The second kappa shape index (κ2) is 8.92.